The van der Waals surface area contributed by atoms with Crippen molar-refractivity contribution >= 4 is 34.8 Å². The fourth-order valence-corrected chi connectivity index (χ4v) is 4.49. The fourth-order valence-electron chi connectivity index (χ4n) is 3.64. The average Bonchev–Trinajstić information content (AvgIpc) is 3.25. The second-order valence-electron chi connectivity index (χ2n) is 7.89. The third kappa shape index (κ3) is 4.80. The van der Waals surface area contributed by atoms with Gasteiger partial charge in [-0.2, -0.15) is 5.10 Å². The molecule has 1 aliphatic heterocycles. The Morgan fingerprint density at radius 3 is 2.89 bits per heavy atom. The number of methoxy groups -OCH3 is 1. The van der Waals surface area contributed by atoms with Crippen molar-refractivity contribution in [1.29, 1.82) is 0 Å². The van der Waals surface area contributed by atoms with E-state index < -0.39 is 0 Å². The van der Waals surface area contributed by atoms with Crippen molar-refractivity contribution < 1.29 is 19.4 Å². The number of thiazole rings is 1. The largest absolute Gasteiger partial charge is 0.504 e. The lowest BCUT2D eigenvalue weighted by molar-refractivity contribution is -0.118. The minimum Gasteiger partial charge on any atom is -0.504 e. The molecule has 1 amide bonds. The molecule has 0 unspecified atom stereocenters. The maximum absolute atomic E-state index is 11.8. The van der Waals surface area contributed by atoms with Gasteiger partial charge in [0, 0.05) is 10.9 Å². The number of hydrogen-bond acceptors (Lipinski definition) is 7. The molecule has 0 saturated carbocycles. The lowest BCUT2D eigenvalue weighted by Gasteiger charge is -2.18. The quantitative estimate of drug-likeness (QED) is 0.400. The molecule has 2 N–H and O–H groups in total. The van der Waals surface area contributed by atoms with Crippen LogP contribution in [-0.4, -0.2) is 35.6 Å². The topological polar surface area (TPSA) is 97.4 Å². The van der Waals surface area contributed by atoms with Gasteiger partial charge in [0.1, 0.15) is 5.75 Å². The van der Waals surface area contributed by atoms with Crippen LogP contribution >= 0.6 is 11.3 Å². The molecule has 4 aromatic rings. The summed E-state index contributed by atoms with van der Waals surface area (Å²) in [4.78, 5) is 17.3. The number of nitrogens with one attached hydrogen (secondary N) is 1. The van der Waals surface area contributed by atoms with Gasteiger partial charge >= 0.3 is 0 Å². The first-order valence-corrected chi connectivity index (χ1v) is 11.7. The molecule has 0 bridgehead atoms. The molecule has 5 rings (SSSR count). The number of fused-ring (bicyclic) bond motifs is 1. The molecule has 0 atom stereocenters. The van der Waals surface area contributed by atoms with Crippen LogP contribution in [0.25, 0.3) is 11.3 Å². The highest BCUT2D eigenvalue weighted by atomic mass is 32.1. The number of phenols is 1. The van der Waals surface area contributed by atoms with E-state index in [0.717, 1.165) is 28.1 Å². The average molecular weight is 487 g/mol. The SMILES string of the molecule is COc1cc(/C=N/n2c(-c3ccc4c(c3)NC(=O)CO4)csc2=Nc2cccc(C)c2)ccc1O. The van der Waals surface area contributed by atoms with E-state index >= 15 is 0 Å². The maximum atomic E-state index is 11.8. The molecule has 0 spiro atoms. The Bertz CT molecular complexity index is 1520. The van der Waals surface area contributed by atoms with Crippen molar-refractivity contribution in [3.05, 3.63) is 82.0 Å². The van der Waals surface area contributed by atoms with E-state index in [1.807, 2.05) is 54.8 Å². The van der Waals surface area contributed by atoms with Crippen molar-refractivity contribution in [2.24, 2.45) is 10.1 Å². The van der Waals surface area contributed by atoms with E-state index in [-0.39, 0.29) is 18.3 Å². The Hall–Kier alpha value is -4.37. The van der Waals surface area contributed by atoms with Gasteiger partial charge in [0.05, 0.1) is 30.4 Å². The zero-order valence-electron chi connectivity index (χ0n) is 19.1. The smallest absolute Gasteiger partial charge is 0.262 e. The summed E-state index contributed by atoms with van der Waals surface area (Å²) in [6, 6.07) is 18.6. The molecule has 2 heterocycles. The summed E-state index contributed by atoms with van der Waals surface area (Å²) in [6.07, 6.45) is 1.68. The number of carbonyl (C=O) groups is 1. The summed E-state index contributed by atoms with van der Waals surface area (Å²) < 4.78 is 12.5. The van der Waals surface area contributed by atoms with Gasteiger partial charge in [-0.05, 0) is 66.6 Å². The van der Waals surface area contributed by atoms with Crippen molar-refractivity contribution in [3.8, 4) is 28.5 Å². The number of ether oxygens (including phenoxy) is 2. The molecule has 3 aromatic carbocycles. The van der Waals surface area contributed by atoms with Gasteiger partial charge in [0.25, 0.3) is 5.91 Å². The second-order valence-corrected chi connectivity index (χ2v) is 8.73. The Kier molecular flexibility index (Phi) is 6.07. The maximum Gasteiger partial charge on any atom is 0.262 e. The predicted molar refractivity (Wildman–Crippen MR) is 136 cm³/mol. The van der Waals surface area contributed by atoms with Crippen LogP contribution in [-0.2, 0) is 4.79 Å². The van der Waals surface area contributed by atoms with Gasteiger partial charge in [-0.1, -0.05) is 12.1 Å². The molecule has 8 nitrogen and oxygen atoms in total. The monoisotopic (exact) mass is 486 g/mol. The predicted octanol–water partition coefficient (Wildman–Crippen LogP) is 4.68. The summed E-state index contributed by atoms with van der Waals surface area (Å²) in [5.41, 5.74) is 4.93. The number of anilines is 1. The molecule has 35 heavy (non-hydrogen) atoms. The minimum absolute atomic E-state index is 0.00467. The van der Waals surface area contributed by atoms with Gasteiger partial charge in [-0.3, -0.25) is 4.79 Å². The first kappa shape index (κ1) is 22.4. The van der Waals surface area contributed by atoms with Crippen molar-refractivity contribution in [1.82, 2.24) is 4.68 Å². The number of aromatic hydroxyl groups is 1. The number of amides is 1. The zero-order valence-corrected chi connectivity index (χ0v) is 19.9. The lowest BCUT2D eigenvalue weighted by Crippen LogP contribution is -2.25. The van der Waals surface area contributed by atoms with Crippen LogP contribution in [0.1, 0.15) is 11.1 Å². The fraction of sp³-hybridized carbons (Fsp3) is 0.115. The van der Waals surface area contributed by atoms with Crippen LogP contribution in [0.4, 0.5) is 11.4 Å². The summed E-state index contributed by atoms with van der Waals surface area (Å²) in [7, 11) is 1.50. The molecule has 0 aliphatic carbocycles. The summed E-state index contributed by atoms with van der Waals surface area (Å²) in [6.45, 7) is 2.03. The molecule has 1 aliphatic rings. The number of phenolic OH excluding ortho intramolecular Hbond substituents is 1. The van der Waals surface area contributed by atoms with E-state index in [1.165, 1.54) is 18.4 Å². The summed E-state index contributed by atoms with van der Waals surface area (Å²) in [5.74, 6) is 0.850. The Balaban J connectivity index is 1.62. The van der Waals surface area contributed by atoms with Gasteiger partial charge in [-0.15, -0.1) is 11.3 Å². The molecule has 0 saturated heterocycles. The van der Waals surface area contributed by atoms with Crippen molar-refractivity contribution in [2.45, 2.75) is 6.92 Å². The van der Waals surface area contributed by atoms with Crippen LogP contribution in [0.15, 0.2) is 76.1 Å². The summed E-state index contributed by atoms with van der Waals surface area (Å²) >= 11 is 1.45. The number of benzene rings is 3. The van der Waals surface area contributed by atoms with E-state index in [4.69, 9.17) is 19.6 Å². The standard InChI is InChI=1S/C26H22N4O4S/c1-16-4-3-5-19(10-16)28-26-30(27-13-17-6-8-22(31)24(11-17)33-2)21(15-35-26)18-7-9-23-20(12-18)29-25(32)14-34-23/h3-13,15,31H,14H2,1-2H3,(H,29,32)/b27-13+,28-26?. The highest BCUT2D eigenvalue weighted by molar-refractivity contribution is 7.07. The van der Waals surface area contributed by atoms with Crippen molar-refractivity contribution in [3.63, 3.8) is 0 Å². The molecular formula is C26H22N4O4S. The molecule has 0 fully saturated rings. The van der Waals surface area contributed by atoms with E-state index in [9.17, 15) is 9.90 Å². The second kappa shape index (κ2) is 9.47. The minimum atomic E-state index is -0.192. The molecule has 9 heteroatoms. The lowest BCUT2D eigenvalue weighted by atomic mass is 10.1. The number of aromatic nitrogens is 1. The highest BCUT2D eigenvalue weighted by Gasteiger charge is 2.18. The normalized spacial score (nSPS) is 13.4. The van der Waals surface area contributed by atoms with Gasteiger partial charge < -0.3 is 19.9 Å². The molecular weight excluding hydrogens is 464 g/mol. The first-order chi connectivity index (χ1) is 17.0. The van der Waals surface area contributed by atoms with Crippen LogP contribution < -0.4 is 19.6 Å². The van der Waals surface area contributed by atoms with Crippen LogP contribution in [0, 0.1) is 6.92 Å². The molecule has 176 valence electrons. The van der Waals surface area contributed by atoms with Crippen molar-refractivity contribution in [2.75, 3.05) is 19.0 Å². The number of rotatable bonds is 5. The van der Waals surface area contributed by atoms with Crippen LogP contribution in [0.5, 0.6) is 17.2 Å². The molecule has 1 aromatic heterocycles. The number of carbonyl (C=O) groups excluding carboxylic acids is 1. The van der Waals surface area contributed by atoms with Crippen LogP contribution in [0.3, 0.4) is 0 Å². The van der Waals surface area contributed by atoms with E-state index in [1.54, 1.807) is 29.1 Å². The first-order valence-electron chi connectivity index (χ1n) is 10.8. The van der Waals surface area contributed by atoms with E-state index in [0.29, 0.717) is 22.0 Å². The Labute approximate surface area is 205 Å². The third-order valence-corrected chi connectivity index (χ3v) is 6.16. The zero-order chi connectivity index (χ0) is 24.4. The Morgan fingerprint density at radius 2 is 2.06 bits per heavy atom. The third-order valence-electron chi connectivity index (χ3n) is 5.35. The Morgan fingerprint density at radius 1 is 1.17 bits per heavy atom. The number of hydrogen-bond donors (Lipinski definition) is 2. The number of nitrogens with zero attached hydrogens (tertiary/aromatic N) is 3. The van der Waals surface area contributed by atoms with E-state index in [2.05, 4.69) is 5.32 Å². The number of aryl methyl sites for hydroxylation is 1. The van der Waals surface area contributed by atoms with Gasteiger partial charge in [0.15, 0.2) is 18.1 Å². The van der Waals surface area contributed by atoms with Gasteiger partial charge in [0.2, 0.25) is 4.80 Å². The summed E-state index contributed by atoms with van der Waals surface area (Å²) in [5, 5.41) is 19.4. The van der Waals surface area contributed by atoms with Gasteiger partial charge in [-0.25, -0.2) is 9.67 Å². The highest BCUT2D eigenvalue weighted by Crippen LogP contribution is 2.33. The van der Waals surface area contributed by atoms with Crippen LogP contribution in [0.2, 0.25) is 0 Å². The molecule has 0 radical (unpaired) electrons.